The maximum absolute atomic E-state index is 12.1. The Hall–Kier alpha value is -2.44. The second-order valence-corrected chi connectivity index (χ2v) is 3.95. The SMILES string of the molecule is CCNc1ncccc1C(=O)NCc1ncn(C)n1. The monoisotopic (exact) mass is 260 g/mol. The van der Waals surface area contributed by atoms with Crippen LogP contribution in [0.2, 0.25) is 0 Å². The lowest BCUT2D eigenvalue weighted by atomic mass is 10.2. The number of carbonyl (C=O) groups excluding carboxylic acids is 1. The van der Waals surface area contributed by atoms with Crippen molar-refractivity contribution < 1.29 is 4.79 Å². The van der Waals surface area contributed by atoms with Gasteiger partial charge in [-0.2, -0.15) is 5.10 Å². The minimum atomic E-state index is -0.198. The van der Waals surface area contributed by atoms with E-state index < -0.39 is 0 Å². The van der Waals surface area contributed by atoms with Gasteiger partial charge in [-0.15, -0.1) is 0 Å². The van der Waals surface area contributed by atoms with Gasteiger partial charge in [0.1, 0.15) is 12.1 Å². The molecule has 2 rings (SSSR count). The molecule has 0 saturated carbocycles. The highest BCUT2D eigenvalue weighted by Gasteiger charge is 2.11. The van der Waals surface area contributed by atoms with E-state index in [4.69, 9.17) is 0 Å². The van der Waals surface area contributed by atoms with Crippen LogP contribution >= 0.6 is 0 Å². The molecule has 100 valence electrons. The molecule has 2 aromatic heterocycles. The molecule has 0 spiro atoms. The quantitative estimate of drug-likeness (QED) is 0.821. The fraction of sp³-hybridized carbons (Fsp3) is 0.333. The van der Waals surface area contributed by atoms with E-state index in [1.165, 1.54) is 0 Å². The van der Waals surface area contributed by atoms with Crippen molar-refractivity contribution in [2.75, 3.05) is 11.9 Å². The minimum absolute atomic E-state index is 0.198. The topological polar surface area (TPSA) is 84.7 Å². The molecule has 2 aromatic rings. The molecule has 2 N–H and O–H groups in total. The van der Waals surface area contributed by atoms with Gasteiger partial charge in [-0.05, 0) is 19.1 Å². The lowest BCUT2D eigenvalue weighted by molar-refractivity contribution is 0.0950. The number of amides is 1. The molecule has 2 heterocycles. The Balaban J connectivity index is 2.03. The molecule has 0 saturated heterocycles. The van der Waals surface area contributed by atoms with Crippen LogP contribution in [-0.2, 0) is 13.6 Å². The van der Waals surface area contributed by atoms with Crippen molar-refractivity contribution in [1.29, 1.82) is 0 Å². The van der Waals surface area contributed by atoms with Gasteiger partial charge < -0.3 is 10.6 Å². The summed E-state index contributed by atoms with van der Waals surface area (Å²) in [7, 11) is 1.78. The van der Waals surface area contributed by atoms with Gasteiger partial charge in [0.25, 0.3) is 5.91 Å². The number of carbonyl (C=O) groups is 1. The Labute approximate surface area is 111 Å². The normalized spacial score (nSPS) is 10.2. The van der Waals surface area contributed by atoms with Crippen LogP contribution in [0.4, 0.5) is 5.82 Å². The summed E-state index contributed by atoms with van der Waals surface area (Å²) in [5, 5.41) is 9.92. The van der Waals surface area contributed by atoms with Gasteiger partial charge in [-0.1, -0.05) is 0 Å². The number of aromatic nitrogens is 4. The highest BCUT2D eigenvalue weighted by molar-refractivity contribution is 5.98. The predicted molar refractivity (Wildman–Crippen MR) is 70.6 cm³/mol. The van der Waals surface area contributed by atoms with E-state index in [2.05, 4.69) is 25.7 Å². The van der Waals surface area contributed by atoms with E-state index in [1.54, 1.807) is 36.4 Å². The molecule has 0 radical (unpaired) electrons. The van der Waals surface area contributed by atoms with Gasteiger partial charge in [-0.25, -0.2) is 9.97 Å². The molecule has 7 heteroatoms. The number of rotatable bonds is 5. The van der Waals surface area contributed by atoms with Gasteiger partial charge in [0.2, 0.25) is 0 Å². The first kappa shape index (κ1) is 13.0. The third kappa shape index (κ3) is 3.27. The number of pyridine rings is 1. The lowest BCUT2D eigenvalue weighted by Crippen LogP contribution is -2.25. The van der Waals surface area contributed by atoms with Crippen LogP contribution in [0.25, 0.3) is 0 Å². The van der Waals surface area contributed by atoms with Crippen LogP contribution in [0.15, 0.2) is 24.7 Å². The maximum atomic E-state index is 12.1. The zero-order chi connectivity index (χ0) is 13.7. The first-order valence-corrected chi connectivity index (χ1v) is 6.02. The van der Waals surface area contributed by atoms with E-state index in [-0.39, 0.29) is 5.91 Å². The molecule has 19 heavy (non-hydrogen) atoms. The third-order valence-corrected chi connectivity index (χ3v) is 2.45. The molecule has 0 aliphatic heterocycles. The molecular weight excluding hydrogens is 244 g/mol. The van der Waals surface area contributed by atoms with Crippen molar-refractivity contribution in [3.8, 4) is 0 Å². The number of hydrogen-bond acceptors (Lipinski definition) is 5. The summed E-state index contributed by atoms with van der Waals surface area (Å²) < 4.78 is 1.59. The average Bonchev–Trinajstić information content (AvgIpc) is 2.83. The molecule has 1 amide bonds. The van der Waals surface area contributed by atoms with E-state index in [0.717, 1.165) is 0 Å². The maximum Gasteiger partial charge on any atom is 0.255 e. The Bertz CT molecular complexity index is 565. The van der Waals surface area contributed by atoms with Crippen molar-refractivity contribution >= 4 is 11.7 Å². The highest BCUT2D eigenvalue weighted by Crippen LogP contribution is 2.10. The van der Waals surface area contributed by atoms with Gasteiger partial charge in [0.05, 0.1) is 12.1 Å². The van der Waals surface area contributed by atoms with E-state index >= 15 is 0 Å². The van der Waals surface area contributed by atoms with E-state index in [9.17, 15) is 4.79 Å². The van der Waals surface area contributed by atoms with Crippen molar-refractivity contribution in [2.45, 2.75) is 13.5 Å². The molecule has 0 atom stereocenters. The standard InChI is InChI=1S/C12H16N6O/c1-3-13-11-9(5-4-6-14-11)12(19)15-7-10-16-8-18(2)17-10/h4-6,8H,3,7H2,1-2H3,(H,13,14)(H,15,19). The summed E-state index contributed by atoms with van der Waals surface area (Å²) in [6.07, 6.45) is 3.24. The summed E-state index contributed by atoms with van der Waals surface area (Å²) in [5.41, 5.74) is 0.514. The Morgan fingerprint density at radius 2 is 2.26 bits per heavy atom. The Kier molecular flexibility index (Phi) is 4.07. The first-order chi connectivity index (χ1) is 9.20. The summed E-state index contributed by atoms with van der Waals surface area (Å²) >= 11 is 0. The van der Waals surface area contributed by atoms with Crippen molar-refractivity contribution in [1.82, 2.24) is 25.1 Å². The second-order valence-electron chi connectivity index (χ2n) is 3.95. The van der Waals surface area contributed by atoms with Crippen molar-refractivity contribution in [3.05, 3.63) is 36.0 Å². The molecular formula is C12H16N6O. The fourth-order valence-electron chi connectivity index (χ4n) is 1.62. The first-order valence-electron chi connectivity index (χ1n) is 6.02. The zero-order valence-corrected chi connectivity index (χ0v) is 10.9. The van der Waals surface area contributed by atoms with Gasteiger partial charge >= 0.3 is 0 Å². The van der Waals surface area contributed by atoms with Crippen molar-refractivity contribution in [3.63, 3.8) is 0 Å². The largest absolute Gasteiger partial charge is 0.370 e. The molecule has 0 aromatic carbocycles. The lowest BCUT2D eigenvalue weighted by Gasteiger charge is -2.08. The molecule has 0 aliphatic rings. The van der Waals surface area contributed by atoms with Crippen LogP contribution < -0.4 is 10.6 Å². The minimum Gasteiger partial charge on any atom is -0.370 e. The number of nitrogens with zero attached hydrogens (tertiary/aromatic N) is 4. The summed E-state index contributed by atoms with van der Waals surface area (Å²) in [5.74, 6) is 0.956. The molecule has 0 fully saturated rings. The van der Waals surface area contributed by atoms with Gasteiger partial charge in [0.15, 0.2) is 5.82 Å². The Morgan fingerprint density at radius 3 is 2.95 bits per heavy atom. The predicted octanol–water partition coefficient (Wildman–Crippen LogP) is 0.572. The van der Waals surface area contributed by atoms with Crippen molar-refractivity contribution in [2.24, 2.45) is 7.05 Å². The molecule has 0 aliphatic carbocycles. The molecule has 0 unspecified atom stereocenters. The average molecular weight is 260 g/mol. The third-order valence-electron chi connectivity index (χ3n) is 2.45. The van der Waals surface area contributed by atoms with Crippen LogP contribution in [0.3, 0.4) is 0 Å². The fourth-order valence-corrected chi connectivity index (χ4v) is 1.62. The molecule has 7 nitrogen and oxygen atoms in total. The second kappa shape index (κ2) is 5.94. The summed E-state index contributed by atoms with van der Waals surface area (Å²) in [6.45, 7) is 2.95. The smallest absolute Gasteiger partial charge is 0.255 e. The number of aryl methyl sites for hydroxylation is 1. The van der Waals surface area contributed by atoms with Crippen LogP contribution in [0.1, 0.15) is 23.1 Å². The Morgan fingerprint density at radius 1 is 1.42 bits per heavy atom. The van der Waals surface area contributed by atoms with E-state index in [0.29, 0.717) is 30.3 Å². The summed E-state index contributed by atoms with van der Waals surface area (Å²) in [4.78, 5) is 20.3. The molecule has 0 bridgehead atoms. The van der Waals surface area contributed by atoms with Crippen LogP contribution in [-0.4, -0.2) is 32.2 Å². The van der Waals surface area contributed by atoms with Gasteiger partial charge in [-0.3, -0.25) is 9.48 Å². The summed E-state index contributed by atoms with van der Waals surface area (Å²) in [6, 6.07) is 3.46. The zero-order valence-electron chi connectivity index (χ0n) is 10.9. The van der Waals surface area contributed by atoms with E-state index in [1.807, 2.05) is 6.92 Å². The number of anilines is 1. The number of nitrogens with one attached hydrogen (secondary N) is 2. The van der Waals surface area contributed by atoms with Crippen LogP contribution in [0.5, 0.6) is 0 Å². The number of hydrogen-bond donors (Lipinski definition) is 2. The highest BCUT2D eigenvalue weighted by atomic mass is 16.1. The van der Waals surface area contributed by atoms with Crippen LogP contribution in [0, 0.1) is 0 Å². The van der Waals surface area contributed by atoms with Gasteiger partial charge in [0, 0.05) is 19.8 Å².